The van der Waals surface area contributed by atoms with Gasteiger partial charge < -0.3 is 16.4 Å². The predicted octanol–water partition coefficient (Wildman–Crippen LogP) is -0.724. The molecular weight excluding hydrogens is 244 g/mol. The molecule has 0 spiro atoms. The van der Waals surface area contributed by atoms with Crippen LogP contribution in [0.2, 0.25) is 0 Å². The van der Waals surface area contributed by atoms with Crippen molar-refractivity contribution in [2.75, 3.05) is 26.2 Å². The lowest BCUT2D eigenvalue weighted by atomic mass is 10.1. The monoisotopic (exact) mass is 268 g/mol. The summed E-state index contributed by atoms with van der Waals surface area (Å²) in [7, 11) is 0. The lowest BCUT2D eigenvalue weighted by Gasteiger charge is -2.32. The van der Waals surface area contributed by atoms with E-state index in [1.165, 1.54) is 19.3 Å². The van der Waals surface area contributed by atoms with E-state index in [0.717, 1.165) is 32.6 Å². The Morgan fingerprint density at radius 3 is 2.47 bits per heavy atom. The minimum atomic E-state index is -0.780. The van der Waals surface area contributed by atoms with Crippen LogP contribution in [0.5, 0.6) is 0 Å². The van der Waals surface area contributed by atoms with Gasteiger partial charge in [-0.25, -0.2) is 0 Å². The summed E-state index contributed by atoms with van der Waals surface area (Å²) in [6.07, 6.45) is 4.77. The van der Waals surface area contributed by atoms with Crippen LogP contribution in [0.25, 0.3) is 0 Å². The molecule has 2 heterocycles. The van der Waals surface area contributed by atoms with Crippen molar-refractivity contribution in [3.8, 4) is 0 Å². The van der Waals surface area contributed by atoms with Gasteiger partial charge in [-0.2, -0.15) is 0 Å². The number of nitrogens with zero attached hydrogens (tertiary/aromatic N) is 2. The van der Waals surface area contributed by atoms with Gasteiger partial charge in [-0.1, -0.05) is 6.42 Å². The Bertz CT molecular complexity index is 342. The SMILES string of the molecule is NC(=O)CC(N)C(=O)N1CCC(N2CCCCC2)C1. The minimum absolute atomic E-state index is 0.0658. The zero-order chi connectivity index (χ0) is 13.8. The average molecular weight is 268 g/mol. The topological polar surface area (TPSA) is 92.7 Å². The fraction of sp³-hybridized carbons (Fsp3) is 0.846. The third kappa shape index (κ3) is 3.67. The van der Waals surface area contributed by atoms with Crippen molar-refractivity contribution in [2.24, 2.45) is 11.5 Å². The Balaban J connectivity index is 1.83. The van der Waals surface area contributed by atoms with E-state index in [0.29, 0.717) is 6.04 Å². The van der Waals surface area contributed by atoms with Crippen molar-refractivity contribution in [1.29, 1.82) is 0 Å². The summed E-state index contributed by atoms with van der Waals surface area (Å²) < 4.78 is 0. The molecule has 2 saturated heterocycles. The third-order valence-electron chi connectivity index (χ3n) is 4.12. The van der Waals surface area contributed by atoms with Crippen LogP contribution in [0, 0.1) is 0 Å². The maximum absolute atomic E-state index is 12.1. The van der Waals surface area contributed by atoms with Gasteiger partial charge in [0.15, 0.2) is 0 Å². The lowest BCUT2D eigenvalue weighted by molar-refractivity contribution is -0.133. The number of carbonyl (C=O) groups excluding carboxylic acids is 2. The number of nitrogens with two attached hydrogens (primary N) is 2. The van der Waals surface area contributed by atoms with Crippen LogP contribution < -0.4 is 11.5 Å². The molecule has 2 fully saturated rings. The number of primary amides is 1. The quantitative estimate of drug-likeness (QED) is 0.703. The molecule has 2 aliphatic heterocycles. The van der Waals surface area contributed by atoms with Crippen molar-refractivity contribution in [3.05, 3.63) is 0 Å². The molecule has 0 aromatic carbocycles. The van der Waals surface area contributed by atoms with Crippen molar-refractivity contribution in [1.82, 2.24) is 9.80 Å². The highest BCUT2D eigenvalue weighted by atomic mass is 16.2. The van der Waals surface area contributed by atoms with Crippen LogP contribution in [-0.2, 0) is 9.59 Å². The van der Waals surface area contributed by atoms with Crippen molar-refractivity contribution >= 4 is 11.8 Å². The van der Waals surface area contributed by atoms with Gasteiger partial charge in [0.25, 0.3) is 0 Å². The molecular formula is C13H24N4O2. The fourth-order valence-corrected chi connectivity index (χ4v) is 3.06. The highest BCUT2D eigenvalue weighted by Gasteiger charge is 2.33. The van der Waals surface area contributed by atoms with Crippen LogP contribution in [0.1, 0.15) is 32.1 Å². The minimum Gasteiger partial charge on any atom is -0.370 e. The van der Waals surface area contributed by atoms with Gasteiger partial charge in [0.05, 0.1) is 12.5 Å². The summed E-state index contributed by atoms with van der Waals surface area (Å²) in [6.45, 7) is 3.76. The molecule has 0 aromatic heterocycles. The summed E-state index contributed by atoms with van der Waals surface area (Å²) in [4.78, 5) is 27.2. The number of hydrogen-bond donors (Lipinski definition) is 2. The number of amides is 2. The van der Waals surface area contributed by atoms with Crippen LogP contribution in [-0.4, -0.2) is 59.9 Å². The molecule has 0 bridgehead atoms. The van der Waals surface area contributed by atoms with Crippen molar-refractivity contribution in [2.45, 2.75) is 44.2 Å². The van der Waals surface area contributed by atoms with E-state index in [2.05, 4.69) is 4.90 Å². The molecule has 2 aliphatic rings. The molecule has 108 valence electrons. The molecule has 2 atom stereocenters. The number of hydrogen-bond acceptors (Lipinski definition) is 4. The molecule has 2 amide bonds. The van der Waals surface area contributed by atoms with Crippen molar-refractivity contribution in [3.63, 3.8) is 0 Å². The molecule has 0 aliphatic carbocycles. The Kier molecular flexibility index (Phi) is 4.76. The molecule has 2 rings (SSSR count). The summed E-state index contributed by atoms with van der Waals surface area (Å²) in [5.74, 6) is -0.661. The molecule has 0 aromatic rings. The number of rotatable bonds is 4. The van der Waals surface area contributed by atoms with E-state index in [4.69, 9.17) is 11.5 Å². The highest BCUT2D eigenvalue weighted by molar-refractivity contribution is 5.87. The summed E-state index contributed by atoms with van der Waals surface area (Å²) >= 11 is 0. The van der Waals surface area contributed by atoms with Crippen LogP contribution >= 0.6 is 0 Å². The Labute approximate surface area is 114 Å². The second-order valence-corrected chi connectivity index (χ2v) is 5.60. The van der Waals surface area contributed by atoms with E-state index < -0.39 is 11.9 Å². The van der Waals surface area contributed by atoms with Gasteiger partial charge in [0.1, 0.15) is 0 Å². The number of carbonyl (C=O) groups is 2. The zero-order valence-corrected chi connectivity index (χ0v) is 11.4. The molecule has 6 nitrogen and oxygen atoms in total. The summed E-state index contributed by atoms with van der Waals surface area (Å²) in [6, 6.07) is -0.317. The van der Waals surface area contributed by atoms with E-state index in [1.54, 1.807) is 4.90 Å². The second kappa shape index (κ2) is 6.34. The largest absolute Gasteiger partial charge is 0.370 e. The van der Waals surface area contributed by atoms with Crippen LogP contribution in [0.3, 0.4) is 0 Å². The fourth-order valence-electron chi connectivity index (χ4n) is 3.06. The van der Waals surface area contributed by atoms with Gasteiger partial charge in [-0.05, 0) is 32.4 Å². The van der Waals surface area contributed by atoms with Crippen LogP contribution in [0.4, 0.5) is 0 Å². The van der Waals surface area contributed by atoms with E-state index in [9.17, 15) is 9.59 Å². The predicted molar refractivity (Wildman–Crippen MR) is 72.2 cm³/mol. The molecule has 0 radical (unpaired) electrons. The number of piperidine rings is 1. The molecule has 2 unspecified atom stereocenters. The van der Waals surface area contributed by atoms with Crippen molar-refractivity contribution < 1.29 is 9.59 Å². The van der Waals surface area contributed by atoms with E-state index in [-0.39, 0.29) is 12.3 Å². The average Bonchev–Trinajstić information content (AvgIpc) is 2.87. The zero-order valence-electron chi connectivity index (χ0n) is 11.4. The first-order chi connectivity index (χ1) is 9.08. The first-order valence-electron chi connectivity index (χ1n) is 7.14. The second-order valence-electron chi connectivity index (χ2n) is 5.60. The van der Waals surface area contributed by atoms with Crippen LogP contribution in [0.15, 0.2) is 0 Å². The Morgan fingerprint density at radius 2 is 1.84 bits per heavy atom. The molecule has 0 saturated carbocycles. The first kappa shape index (κ1) is 14.3. The summed E-state index contributed by atoms with van der Waals surface area (Å²) in [5, 5.41) is 0. The third-order valence-corrected chi connectivity index (χ3v) is 4.12. The van der Waals surface area contributed by atoms with Gasteiger partial charge >= 0.3 is 0 Å². The molecule has 6 heteroatoms. The van der Waals surface area contributed by atoms with Gasteiger partial charge in [-0.15, -0.1) is 0 Å². The first-order valence-corrected chi connectivity index (χ1v) is 7.14. The molecule has 19 heavy (non-hydrogen) atoms. The molecule has 4 N–H and O–H groups in total. The smallest absolute Gasteiger partial charge is 0.240 e. The normalized spacial score (nSPS) is 26.4. The lowest BCUT2D eigenvalue weighted by Crippen LogP contribution is -2.46. The Morgan fingerprint density at radius 1 is 1.16 bits per heavy atom. The van der Waals surface area contributed by atoms with E-state index in [1.807, 2.05) is 0 Å². The number of likely N-dealkylation sites (tertiary alicyclic amines) is 2. The standard InChI is InChI=1S/C13H24N4O2/c14-11(8-12(15)18)13(19)17-7-4-10(9-17)16-5-2-1-3-6-16/h10-11H,1-9,14H2,(H2,15,18). The van der Waals surface area contributed by atoms with Gasteiger partial charge in [0, 0.05) is 19.1 Å². The van der Waals surface area contributed by atoms with Gasteiger partial charge in [-0.3, -0.25) is 14.5 Å². The summed E-state index contributed by atoms with van der Waals surface area (Å²) in [5.41, 5.74) is 10.8. The Hall–Kier alpha value is -1.14. The maximum Gasteiger partial charge on any atom is 0.240 e. The van der Waals surface area contributed by atoms with E-state index >= 15 is 0 Å². The maximum atomic E-state index is 12.1. The highest BCUT2D eigenvalue weighted by Crippen LogP contribution is 2.20. The van der Waals surface area contributed by atoms with Gasteiger partial charge in [0.2, 0.25) is 11.8 Å².